The van der Waals surface area contributed by atoms with Gasteiger partial charge in [0.15, 0.2) is 5.17 Å². The van der Waals surface area contributed by atoms with Crippen molar-refractivity contribution in [2.24, 2.45) is 10.7 Å². The van der Waals surface area contributed by atoms with Crippen LogP contribution in [0.4, 0.5) is 0 Å². The number of thioether (sulfide) groups is 1. The molecule has 0 bridgehead atoms. The van der Waals surface area contributed by atoms with Gasteiger partial charge in [0.05, 0.1) is 22.7 Å². The molecule has 3 heterocycles. The molecule has 0 saturated carbocycles. The molecule has 0 fully saturated rings. The molecule has 148 valence electrons. The Kier molecular flexibility index (Phi) is 5.65. The van der Waals surface area contributed by atoms with Crippen molar-refractivity contribution in [3.05, 3.63) is 83.3 Å². The van der Waals surface area contributed by atoms with Crippen LogP contribution in [0.2, 0.25) is 0 Å². The quantitative estimate of drug-likeness (QED) is 0.686. The summed E-state index contributed by atoms with van der Waals surface area (Å²) in [6.45, 7) is 2.93. The molecule has 1 aromatic carbocycles. The lowest BCUT2D eigenvalue weighted by molar-refractivity contribution is 0.402. The van der Waals surface area contributed by atoms with Gasteiger partial charge in [-0.1, -0.05) is 42.1 Å². The molecule has 1 aliphatic heterocycles. The number of rotatable bonds is 5. The maximum Gasteiger partial charge on any atom is 0.155 e. The summed E-state index contributed by atoms with van der Waals surface area (Å²) in [5.41, 5.74) is 12.5. The lowest BCUT2D eigenvalue weighted by Crippen LogP contribution is -2.10. The number of aryl methyl sites for hydroxylation is 1. The number of aliphatic imine (C=N–C) groups is 1. The number of nitrogens with zero attached hydrogens (tertiary/aromatic N) is 4. The third-order valence-electron chi connectivity index (χ3n) is 4.88. The first-order chi connectivity index (χ1) is 14.0. The van der Waals surface area contributed by atoms with Crippen LogP contribution >= 0.6 is 11.8 Å². The lowest BCUT2D eigenvalue weighted by Gasteiger charge is -2.18. The molecule has 2 N–H and O–H groups in total. The Morgan fingerprint density at radius 3 is 2.59 bits per heavy atom. The van der Waals surface area contributed by atoms with Gasteiger partial charge < -0.3 is 10.6 Å². The van der Waals surface area contributed by atoms with Gasteiger partial charge in [-0.25, -0.2) is 0 Å². The van der Waals surface area contributed by atoms with Crippen LogP contribution in [-0.4, -0.2) is 34.1 Å². The highest BCUT2D eigenvalue weighted by Gasteiger charge is 2.33. The highest BCUT2D eigenvalue weighted by molar-refractivity contribution is 8.14. The van der Waals surface area contributed by atoms with Crippen molar-refractivity contribution in [2.75, 3.05) is 14.1 Å². The summed E-state index contributed by atoms with van der Waals surface area (Å²) in [6, 6.07) is 18.8. The summed E-state index contributed by atoms with van der Waals surface area (Å²) in [4.78, 5) is 16.2. The summed E-state index contributed by atoms with van der Waals surface area (Å²) >= 11 is 1.58. The number of amidine groups is 1. The lowest BCUT2D eigenvalue weighted by atomic mass is 9.99. The van der Waals surface area contributed by atoms with Crippen molar-refractivity contribution in [2.45, 2.75) is 24.8 Å². The van der Waals surface area contributed by atoms with Crippen LogP contribution in [0, 0.1) is 6.92 Å². The van der Waals surface area contributed by atoms with Crippen LogP contribution in [0.25, 0.3) is 11.3 Å². The van der Waals surface area contributed by atoms with Gasteiger partial charge in [-0.15, -0.1) is 0 Å². The van der Waals surface area contributed by atoms with Gasteiger partial charge in [0, 0.05) is 24.0 Å². The molecule has 3 aromatic rings. The summed E-state index contributed by atoms with van der Waals surface area (Å²) < 4.78 is 0. The first-order valence-electron chi connectivity index (χ1n) is 9.63. The van der Waals surface area contributed by atoms with E-state index in [1.165, 1.54) is 5.56 Å². The van der Waals surface area contributed by atoms with E-state index in [-0.39, 0.29) is 11.3 Å². The highest BCUT2D eigenvalue weighted by Crippen LogP contribution is 2.47. The van der Waals surface area contributed by atoms with E-state index in [2.05, 4.69) is 60.4 Å². The monoisotopic (exact) mass is 403 g/mol. The van der Waals surface area contributed by atoms with E-state index >= 15 is 0 Å². The van der Waals surface area contributed by atoms with Gasteiger partial charge in [-0.05, 0) is 56.4 Å². The number of pyridine rings is 2. The number of aromatic nitrogens is 2. The molecule has 0 aliphatic carbocycles. The first kappa shape index (κ1) is 19.6. The van der Waals surface area contributed by atoms with Crippen molar-refractivity contribution >= 4 is 16.9 Å². The Morgan fingerprint density at radius 2 is 1.86 bits per heavy atom. The molecule has 2 unspecified atom stereocenters. The summed E-state index contributed by atoms with van der Waals surface area (Å²) in [5.74, 6) is 0. The zero-order valence-electron chi connectivity index (χ0n) is 16.9. The molecule has 0 radical (unpaired) electrons. The zero-order valence-corrected chi connectivity index (χ0v) is 17.7. The van der Waals surface area contributed by atoms with E-state index in [0.717, 1.165) is 34.8 Å². The highest BCUT2D eigenvalue weighted by atomic mass is 32.2. The van der Waals surface area contributed by atoms with Crippen LogP contribution in [0.5, 0.6) is 0 Å². The van der Waals surface area contributed by atoms with Gasteiger partial charge >= 0.3 is 0 Å². The maximum atomic E-state index is 6.10. The predicted molar refractivity (Wildman–Crippen MR) is 121 cm³/mol. The van der Waals surface area contributed by atoms with E-state index in [0.29, 0.717) is 5.17 Å². The largest absolute Gasteiger partial charge is 0.379 e. The van der Waals surface area contributed by atoms with Gasteiger partial charge in [-0.2, -0.15) is 0 Å². The second-order valence-electron chi connectivity index (χ2n) is 7.56. The topological polar surface area (TPSA) is 67.4 Å². The third kappa shape index (κ3) is 4.49. The average Bonchev–Trinajstić information content (AvgIpc) is 3.10. The van der Waals surface area contributed by atoms with Crippen LogP contribution in [-0.2, 0) is 6.54 Å². The zero-order chi connectivity index (χ0) is 20.4. The second kappa shape index (κ2) is 8.35. The number of nitrogens with two attached hydrogens (primary N) is 1. The van der Waals surface area contributed by atoms with Crippen molar-refractivity contribution in [1.82, 2.24) is 14.9 Å². The second-order valence-corrected chi connectivity index (χ2v) is 8.73. The molecular weight excluding hydrogens is 378 g/mol. The summed E-state index contributed by atoms with van der Waals surface area (Å²) in [7, 11) is 4.15. The van der Waals surface area contributed by atoms with E-state index in [4.69, 9.17) is 15.7 Å². The van der Waals surface area contributed by atoms with Gasteiger partial charge in [-0.3, -0.25) is 15.0 Å². The first-order valence-corrected chi connectivity index (χ1v) is 10.5. The average molecular weight is 404 g/mol. The molecular formula is C23H25N5S. The van der Waals surface area contributed by atoms with Crippen molar-refractivity contribution in [3.63, 3.8) is 0 Å². The van der Waals surface area contributed by atoms with Crippen LogP contribution in [0.15, 0.2) is 65.8 Å². The molecule has 5 nitrogen and oxygen atoms in total. The van der Waals surface area contributed by atoms with Crippen LogP contribution in [0.3, 0.4) is 0 Å². The summed E-state index contributed by atoms with van der Waals surface area (Å²) in [5, 5.41) is 0.683. The fourth-order valence-corrected chi connectivity index (χ4v) is 4.59. The van der Waals surface area contributed by atoms with Gasteiger partial charge in [0.2, 0.25) is 0 Å². The molecule has 0 amide bonds. The fourth-order valence-electron chi connectivity index (χ4n) is 3.56. The molecule has 4 rings (SSSR count). The van der Waals surface area contributed by atoms with Gasteiger partial charge in [0.25, 0.3) is 0 Å². The van der Waals surface area contributed by atoms with E-state index in [1.54, 1.807) is 11.8 Å². The fraction of sp³-hybridized carbons (Fsp3) is 0.261. The Bertz CT molecular complexity index is 1030. The molecule has 1 aliphatic rings. The predicted octanol–water partition coefficient (Wildman–Crippen LogP) is 4.36. The van der Waals surface area contributed by atoms with Crippen molar-refractivity contribution < 1.29 is 0 Å². The molecule has 2 aromatic heterocycles. The van der Waals surface area contributed by atoms with Crippen LogP contribution < -0.4 is 5.73 Å². The number of benzene rings is 1. The van der Waals surface area contributed by atoms with E-state index in [9.17, 15) is 0 Å². The number of hydrogen-bond acceptors (Lipinski definition) is 6. The summed E-state index contributed by atoms with van der Waals surface area (Å²) in [6.07, 6.45) is 1.85. The minimum absolute atomic E-state index is 0.0657. The molecule has 0 spiro atoms. The molecule has 6 heteroatoms. The Hall–Kier alpha value is -2.70. The van der Waals surface area contributed by atoms with Crippen molar-refractivity contribution in [1.29, 1.82) is 0 Å². The van der Waals surface area contributed by atoms with Crippen LogP contribution in [0.1, 0.15) is 33.8 Å². The number of hydrogen-bond donors (Lipinski definition) is 1. The van der Waals surface area contributed by atoms with E-state index < -0.39 is 0 Å². The normalized spacial score (nSPS) is 18.8. The van der Waals surface area contributed by atoms with Crippen molar-refractivity contribution in [3.8, 4) is 11.3 Å². The Labute approximate surface area is 176 Å². The third-order valence-corrected chi connectivity index (χ3v) is 5.98. The molecule has 0 saturated heterocycles. The minimum Gasteiger partial charge on any atom is -0.379 e. The van der Waals surface area contributed by atoms with E-state index in [1.807, 2.05) is 31.3 Å². The maximum absolute atomic E-state index is 6.10. The molecule has 2 atom stereocenters. The smallest absolute Gasteiger partial charge is 0.155 e. The standard InChI is InChI=1S/C23H25N5S/c1-15-5-4-6-19(26-15)22-21(27-23(24)29-22)18-11-12-25-20(13-18)17-9-7-16(8-10-17)14-28(2)3/h4-13,21-22H,14H2,1-3H3,(H2,24,27). The Morgan fingerprint density at radius 1 is 1.07 bits per heavy atom. The van der Waals surface area contributed by atoms with Gasteiger partial charge in [0.1, 0.15) is 0 Å². The SMILES string of the molecule is Cc1cccc(C2SC(N)=NC2c2ccnc(-c3ccc(CN(C)C)cc3)c2)n1. The minimum atomic E-state index is -0.0657. The molecule has 29 heavy (non-hydrogen) atoms. The Balaban J connectivity index is 1.63.